The number of nitrogens with zero attached hydrogens (tertiary/aromatic N) is 2. The molecule has 0 saturated carbocycles. The maximum atomic E-state index is 12.7. The number of carbonyl (C=O) groups is 2. The summed E-state index contributed by atoms with van der Waals surface area (Å²) < 4.78 is 0. The molecule has 1 fully saturated rings. The third kappa shape index (κ3) is 4.14. The zero-order valence-corrected chi connectivity index (χ0v) is 17.5. The van der Waals surface area contributed by atoms with Crippen LogP contribution in [0.3, 0.4) is 0 Å². The highest BCUT2D eigenvalue weighted by atomic mass is 35.5. The molecular weight excluding hydrogens is 470 g/mol. The van der Waals surface area contributed by atoms with Crippen molar-refractivity contribution in [2.75, 3.05) is 0 Å². The van der Waals surface area contributed by atoms with Crippen LogP contribution < -0.4 is 0 Å². The summed E-state index contributed by atoms with van der Waals surface area (Å²) in [5.41, 5.74) is 0.356. The van der Waals surface area contributed by atoms with Gasteiger partial charge in [0.05, 0.1) is 26.4 Å². The molecule has 0 atom stereocenters. The van der Waals surface area contributed by atoms with Gasteiger partial charge in [-0.05, 0) is 41.6 Å². The van der Waals surface area contributed by atoms with Gasteiger partial charge in [-0.25, -0.2) is 0 Å². The van der Waals surface area contributed by atoms with E-state index in [9.17, 15) is 19.7 Å². The highest BCUT2D eigenvalue weighted by molar-refractivity contribution is 8.18. The van der Waals surface area contributed by atoms with Gasteiger partial charge in [0.1, 0.15) is 5.02 Å². The fourth-order valence-electron chi connectivity index (χ4n) is 2.42. The number of benzene rings is 2. The number of imide groups is 1. The highest BCUT2D eigenvalue weighted by Gasteiger charge is 2.35. The third-order valence-electron chi connectivity index (χ3n) is 3.78. The molecule has 1 aliphatic rings. The van der Waals surface area contributed by atoms with Gasteiger partial charge in [-0.1, -0.05) is 52.5 Å². The fourth-order valence-corrected chi connectivity index (χ4v) is 4.11. The number of nitro groups is 1. The number of thioether (sulfide) groups is 1. The molecule has 0 bridgehead atoms. The molecule has 0 N–H and O–H groups in total. The number of nitro benzene ring substituents is 1. The second-order valence-corrected chi connectivity index (χ2v) is 8.16. The summed E-state index contributed by atoms with van der Waals surface area (Å²) in [6.07, 6.45) is 1.28. The van der Waals surface area contributed by atoms with E-state index in [1.165, 1.54) is 12.1 Å². The van der Waals surface area contributed by atoms with Crippen LogP contribution in [0.4, 0.5) is 10.5 Å². The van der Waals surface area contributed by atoms with Crippen molar-refractivity contribution in [3.8, 4) is 0 Å². The fraction of sp³-hybridized carbons (Fsp3) is 0.0588. The minimum Gasteiger partial charge on any atom is -0.268 e. The number of halogens is 4. The zero-order valence-electron chi connectivity index (χ0n) is 13.6. The summed E-state index contributed by atoms with van der Waals surface area (Å²) in [4.78, 5) is 36.4. The normalized spacial score (nSPS) is 15.6. The lowest BCUT2D eigenvalue weighted by atomic mass is 10.1. The molecule has 2 amide bonds. The Bertz CT molecular complexity index is 1060. The molecule has 1 saturated heterocycles. The van der Waals surface area contributed by atoms with Crippen LogP contribution in [0.25, 0.3) is 6.08 Å². The molecule has 3 rings (SSSR count). The summed E-state index contributed by atoms with van der Waals surface area (Å²) in [5, 5.41) is 11.1. The molecule has 0 unspecified atom stereocenters. The van der Waals surface area contributed by atoms with Gasteiger partial charge in [0.2, 0.25) is 0 Å². The maximum absolute atomic E-state index is 12.7. The van der Waals surface area contributed by atoms with Crippen molar-refractivity contribution in [2.45, 2.75) is 6.54 Å². The topological polar surface area (TPSA) is 80.5 Å². The molecule has 28 heavy (non-hydrogen) atoms. The van der Waals surface area contributed by atoms with E-state index in [1.807, 2.05) is 0 Å². The lowest BCUT2D eigenvalue weighted by Gasteiger charge is -2.13. The lowest BCUT2D eigenvalue weighted by Crippen LogP contribution is -2.27. The van der Waals surface area contributed by atoms with Crippen molar-refractivity contribution in [1.82, 2.24) is 4.90 Å². The van der Waals surface area contributed by atoms with E-state index < -0.39 is 16.1 Å². The number of amides is 2. The van der Waals surface area contributed by atoms with Gasteiger partial charge in [0.15, 0.2) is 0 Å². The van der Waals surface area contributed by atoms with Gasteiger partial charge >= 0.3 is 0 Å². The van der Waals surface area contributed by atoms with Crippen molar-refractivity contribution < 1.29 is 14.5 Å². The molecule has 1 heterocycles. The Hall–Kier alpha value is -1.77. The standard InChI is InChI=1S/C17H8Cl4N2O4S/c18-10-3-4-13(23(26)27)15(21)9(10)6-14-16(24)22(17(25)28-14)7-8-1-2-11(19)12(20)5-8/h1-6H,7H2/b14-6-. The van der Waals surface area contributed by atoms with E-state index in [2.05, 4.69) is 0 Å². The van der Waals surface area contributed by atoms with Gasteiger partial charge in [0.25, 0.3) is 16.8 Å². The first-order valence-electron chi connectivity index (χ1n) is 7.50. The minimum absolute atomic E-state index is 0.00467. The van der Waals surface area contributed by atoms with Gasteiger partial charge in [0, 0.05) is 16.7 Å². The van der Waals surface area contributed by atoms with Crippen molar-refractivity contribution in [3.63, 3.8) is 0 Å². The van der Waals surface area contributed by atoms with Gasteiger partial charge in [-0.2, -0.15) is 0 Å². The molecule has 2 aromatic rings. The van der Waals surface area contributed by atoms with Crippen LogP contribution in [0.15, 0.2) is 35.2 Å². The summed E-state index contributed by atoms with van der Waals surface area (Å²) >= 11 is 24.6. The molecule has 0 spiro atoms. The van der Waals surface area contributed by atoms with Gasteiger partial charge < -0.3 is 0 Å². The molecule has 144 valence electrons. The Morgan fingerprint density at radius 3 is 2.36 bits per heavy atom. The Morgan fingerprint density at radius 1 is 1.04 bits per heavy atom. The number of hydrogen-bond acceptors (Lipinski definition) is 5. The molecule has 6 nitrogen and oxygen atoms in total. The van der Waals surface area contributed by atoms with Gasteiger partial charge in [-0.3, -0.25) is 24.6 Å². The second-order valence-electron chi connectivity index (χ2n) is 5.57. The number of rotatable bonds is 4. The largest absolute Gasteiger partial charge is 0.293 e. The Labute approximate surface area is 183 Å². The summed E-state index contributed by atoms with van der Waals surface area (Å²) in [6, 6.07) is 7.24. The average Bonchev–Trinajstić information content (AvgIpc) is 2.88. The monoisotopic (exact) mass is 476 g/mol. The SMILES string of the molecule is O=C1S/C(=C\c2c(Cl)ccc([N+](=O)[O-])c2Cl)C(=O)N1Cc1ccc(Cl)c(Cl)c1. The number of carbonyl (C=O) groups excluding carboxylic acids is 2. The van der Waals surface area contributed by atoms with E-state index in [0.29, 0.717) is 27.4 Å². The van der Waals surface area contributed by atoms with Crippen LogP contribution in [0.2, 0.25) is 20.1 Å². The van der Waals surface area contributed by atoms with E-state index >= 15 is 0 Å². The predicted octanol–water partition coefficient (Wildman–Crippen LogP) is 6.44. The van der Waals surface area contributed by atoms with Crippen molar-refractivity contribution >= 4 is 81.1 Å². The molecule has 11 heteroatoms. The maximum Gasteiger partial charge on any atom is 0.293 e. The van der Waals surface area contributed by atoms with Crippen LogP contribution >= 0.6 is 58.2 Å². The second kappa shape index (κ2) is 8.31. The van der Waals surface area contributed by atoms with Crippen molar-refractivity contribution in [1.29, 1.82) is 0 Å². The van der Waals surface area contributed by atoms with Crippen molar-refractivity contribution in [3.05, 3.63) is 76.6 Å². The van der Waals surface area contributed by atoms with Crippen LogP contribution in [0, 0.1) is 10.1 Å². The van der Waals surface area contributed by atoms with Crippen LogP contribution in [-0.4, -0.2) is 21.0 Å². The van der Waals surface area contributed by atoms with E-state index in [-0.39, 0.29) is 32.7 Å². The van der Waals surface area contributed by atoms with E-state index in [1.54, 1.807) is 18.2 Å². The quantitative estimate of drug-likeness (QED) is 0.287. The first-order valence-corrected chi connectivity index (χ1v) is 9.83. The molecular formula is C17H8Cl4N2O4S. The summed E-state index contributed by atoms with van der Waals surface area (Å²) in [5.74, 6) is -0.570. The van der Waals surface area contributed by atoms with Crippen molar-refractivity contribution in [2.24, 2.45) is 0 Å². The average molecular weight is 478 g/mol. The summed E-state index contributed by atoms with van der Waals surface area (Å²) in [7, 11) is 0. The Balaban J connectivity index is 1.92. The first-order chi connectivity index (χ1) is 13.2. The molecule has 2 aromatic carbocycles. The summed E-state index contributed by atoms with van der Waals surface area (Å²) in [6.45, 7) is -0.00467. The Morgan fingerprint density at radius 2 is 1.71 bits per heavy atom. The minimum atomic E-state index is -0.661. The highest BCUT2D eigenvalue weighted by Crippen LogP contribution is 2.39. The van der Waals surface area contributed by atoms with E-state index in [4.69, 9.17) is 46.4 Å². The van der Waals surface area contributed by atoms with E-state index in [0.717, 1.165) is 11.0 Å². The number of hydrogen-bond donors (Lipinski definition) is 0. The van der Waals surface area contributed by atoms with Gasteiger partial charge in [-0.15, -0.1) is 0 Å². The first kappa shape index (κ1) is 21.0. The molecule has 0 aromatic heterocycles. The van der Waals surface area contributed by atoms with Crippen LogP contribution in [0.5, 0.6) is 0 Å². The third-order valence-corrected chi connectivity index (χ3v) is 6.15. The predicted molar refractivity (Wildman–Crippen MR) is 111 cm³/mol. The van der Waals surface area contributed by atoms with Crippen LogP contribution in [-0.2, 0) is 11.3 Å². The molecule has 0 aliphatic carbocycles. The lowest BCUT2D eigenvalue weighted by molar-refractivity contribution is -0.384. The zero-order chi connectivity index (χ0) is 20.6. The smallest absolute Gasteiger partial charge is 0.268 e. The molecule has 1 aliphatic heterocycles. The Kier molecular flexibility index (Phi) is 6.21. The molecule has 0 radical (unpaired) electrons. The van der Waals surface area contributed by atoms with Crippen LogP contribution in [0.1, 0.15) is 11.1 Å².